The molecular weight excluding hydrogens is 278 g/mol. The van der Waals surface area contributed by atoms with E-state index in [0.29, 0.717) is 13.2 Å². The molecule has 0 bridgehead atoms. The molecule has 0 spiro atoms. The molecule has 2 rings (SSSR count). The second-order valence-corrected chi connectivity index (χ2v) is 5.30. The molecule has 2 aromatic heterocycles. The summed E-state index contributed by atoms with van der Waals surface area (Å²) in [5.74, 6) is 0.405. The molecule has 0 aliphatic heterocycles. The average molecular weight is 297 g/mol. The zero-order valence-electron chi connectivity index (χ0n) is 11.6. The van der Waals surface area contributed by atoms with E-state index in [4.69, 9.17) is 10.5 Å². The van der Waals surface area contributed by atoms with Gasteiger partial charge in [0.2, 0.25) is 5.91 Å². The molecule has 2 heterocycles. The molecule has 0 saturated heterocycles. The normalized spacial score (nSPS) is 11.1. The lowest BCUT2D eigenvalue weighted by atomic mass is 10.3. The van der Waals surface area contributed by atoms with Gasteiger partial charge in [-0.3, -0.25) is 9.20 Å². The van der Waals surface area contributed by atoms with E-state index in [0.717, 1.165) is 23.0 Å². The fourth-order valence-corrected chi connectivity index (χ4v) is 2.71. The number of hydrogen-bond donors (Lipinski definition) is 2. The van der Waals surface area contributed by atoms with Gasteiger partial charge in [0.1, 0.15) is 0 Å². The number of aromatic nitrogens is 2. The summed E-state index contributed by atoms with van der Waals surface area (Å²) in [6.45, 7) is 2.21. The Balaban J connectivity index is 2.19. The zero-order chi connectivity index (χ0) is 14.5. The van der Waals surface area contributed by atoms with Crippen molar-refractivity contribution in [1.29, 1.82) is 0 Å². The summed E-state index contributed by atoms with van der Waals surface area (Å²) in [5, 5.41) is 5.28. The van der Waals surface area contributed by atoms with Gasteiger partial charge >= 0.3 is 0 Å². The lowest BCUT2D eigenvalue weighted by Gasteiger charge is -2.16. The Morgan fingerprint density at radius 2 is 2.45 bits per heavy atom. The van der Waals surface area contributed by atoms with Gasteiger partial charge in [-0.05, 0) is 0 Å². The first-order valence-corrected chi connectivity index (χ1v) is 7.15. The molecule has 8 heteroatoms. The number of primary amides is 1. The van der Waals surface area contributed by atoms with Crippen molar-refractivity contribution >= 4 is 28.0 Å². The van der Waals surface area contributed by atoms with Crippen molar-refractivity contribution in [3.05, 3.63) is 17.3 Å². The number of nitrogens with two attached hydrogens (primary N) is 1. The third-order valence-corrected chi connectivity index (χ3v) is 3.63. The second-order valence-electron chi connectivity index (χ2n) is 4.43. The van der Waals surface area contributed by atoms with Crippen LogP contribution >= 0.6 is 11.3 Å². The van der Waals surface area contributed by atoms with Crippen molar-refractivity contribution in [3.63, 3.8) is 0 Å². The number of thiazole rings is 1. The maximum atomic E-state index is 11.1. The van der Waals surface area contributed by atoms with Crippen molar-refractivity contribution in [3.8, 4) is 0 Å². The minimum Gasteiger partial charge on any atom is -0.383 e. The van der Waals surface area contributed by atoms with Gasteiger partial charge in [-0.1, -0.05) is 0 Å². The van der Waals surface area contributed by atoms with Crippen LogP contribution in [0, 0.1) is 0 Å². The van der Waals surface area contributed by atoms with Crippen molar-refractivity contribution in [2.75, 3.05) is 38.8 Å². The van der Waals surface area contributed by atoms with E-state index in [-0.39, 0.29) is 12.5 Å². The Morgan fingerprint density at radius 3 is 3.15 bits per heavy atom. The standard InChI is InChI=1S/C12H19N5O2S/c1-16(8-10(13)18)11-9(7-14-3-5-19-2)17-4-6-20-12(17)15-11/h4,6,14H,3,5,7-8H2,1-2H3,(H2,13,18). The number of imidazole rings is 1. The number of carbonyl (C=O) groups is 1. The third-order valence-electron chi connectivity index (χ3n) is 2.87. The van der Waals surface area contributed by atoms with Crippen molar-refractivity contribution in [2.24, 2.45) is 5.73 Å². The SMILES string of the molecule is COCCNCc1c(N(C)CC(N)=O)nc2sccn12. The highest BCUT2D eigenvalue weighted by molar-refractivity contribution is 7.15. The molecule has 0 unspecified atom stereocenters. The number of methoxy groups -OCH3 is 1. The van der Waals surface area contributed by atoms with E-state index < -0.39 is 0 Å². The van der Waals surface area contributed by atoms with E-state index in [1.54, 1.807) is 23.3 Å². The smallest absolute Gasteiger partial charge is 0.236 e. The number of carbonyl (C=O) groups excluding carboxylic acids is 1. The van der Waals surface area contributed by atoms with Crippen LogP contribution in [0.15, 0.2) is 11.6 Å². The number of hydrogen-bond acceptors (Lipinski definition) is 6. The topological polar surface area (TPSA) is 84.9 Å². The van der Waals surface area contributed by atoms with Crippen LogP contribution in [0.25, 0.3) is 4.96 Å². The van der Waals surface area contributed by atoms with E-state index in [2.05, 4.69) is 10.3 Å². The Hall–Kier alpha value is -1.64. The summed E-state index contributed by atoms with van der Waals surface area (Å²) in [5.41, 5.74) is 6.26. The largest absolute Gasteiger partial charge is 0.383 e. The molecule has 0 radical (unpaired) electrons. The van der Waals surface area contributed by atoms with Crippen molar-refractivity contribution in [1.82, 2.24) is 14.7 Å². The van der Waals surface area contributed by atoms with Crippen LogP contribution < -0.4 is 16.0 Å². The number of anilines is 1. The van der Waals surface area contributed by atoms with Crippen LogP contribution in [0.1, 0.15) is 5.69 Å². The van der Waals surface area contributed by atoms with Gasteiger partial charge in [0.25, 0.3) is 0 Å². The number of rotatable bonds is 8. The Morgan fingerprint density at radius 1 is 1.65 bits per heavy atom. The zero-order valence-corrected chi connectivity index (χ0v) is 12.4. The summed E-state index contributed by atoms with van der Waals surface area (Å²) in [6.07, 6.45) is 1.97. The minimum absolute atomic E-state index is 0.149. The molecular formula is C12H19N5O2S. The Bertz CT molecular complexity index is 579. The van der Waals surface area contributed by atoms with Crippen LogP contribution in [-0.4, -0.2) is 49.1 Å². The first-order valence-electron chi connectivity index (χ1n) is 6.27. The number of ether oxygens (including phenoxy) is 1. The van der Waals surface area contributed by atoms with E-state index in [1.807, 2.05) is 23.0 Å². The highest BCUT2D eigenvalue weighted by atomic mass is 32.1. The Labute approximate surface area is 121 Å². The van der Waals surface area contributed by atoms with Gasteiger partial charge in [0, 0.05) is 38.8 Å². The quantitative estimate of drug-likeness (QED) is 0.673. The fourth-order valence-electron chi connectivity index (χ4n) is 1.98. The molecule has 20 heavy (non-hydrogen) atoms. The van der Waals surface area contributed by atoms with Gasteiger partial charge in [-0.15, -0.1) is 11.3 Å². The van der Waals surface area contributed by atoms with Gasteiger partial charge in [-0.25, -0.2) is 4.98 Å². The lowest BCUT2D eigenvalue weighted by Crippen LogP contribution is -2.32. The van der Waals surface area contributed by atoms with Gasteiger partial charge in [-0.2, -0.15) is 0 Å². The third kappa shape index (κ3) is 3.27. The molecule has 110 valence electrons. The number of nitrogens with zero attached hydrogens (tertiary/aromatic N) is 3. The number of fused-ring (bicyclic) bond motifs is 1. The summed E-state index contributed by atoms with van der Waals surface area (Å²) in [4.78, 5) is 18.3. The van der Waals surface area contributed by atoms with Crippen LogP contribution in [0.3, 0.4) is 0 Å². The number of likely N-dealkylation sites (N-methyl/N-ethyl adjacent to an activating group) is 1. The van der Waals surface area contributed by atoms with Crippen LogP contribution in [0.4, 0.5) is 5.82 Å². The van der Waals surface area contributed by atoms with Crippen LogP contribution in [-0.2, 0) is 16.1 Å². The van der Waals surface area contributed by atoms with Crippen molar-refractivity contribution < 1.29 is 9.53 Å². The van der Waals surface area contributed by atoms with Crippen LogP contribution in [0.5, 0.6) is 0 Å². The van der Waals surface area contributed by atoms with E-state index in [1.165, 1.54) is 0 Å². The molecule has 0 aliphatic carbocycles. The fraction of sp³-hybridized carbons (Fsp3) is 0.500. The first kappa shape index (κ1) is 14.8. The Kier molecular flexibility index (Phi) is 4.94. The van der Waals surface area contributed by atoms with Gasteiger partial charge in [0.15, 0.2) is 10.8 Å². The molecule has 1 amide bonds. The van der Waals surface area contributed by atoms with Gasteiger partial charge in [0.05, 0.1) is 18.8 Å². The molecule has 0 aliphatic rings. The highest BCUT2D eigenvalue weighted by Gasteiger charge is 2.17. The summed E-state index contributed by atoms with van der Waals surface area (Å²) in [6, 6.07) is 0. The molecule has 2 aromatic rings. The minimum atomic E-state index is -0.373. The molecule has 0 aromatic carbocycles. The van der Waals surface area contributed by atoms with Crippen LogP contribution in [0.2, 0.25) is 0 Å². The molecule has 0 saturated carbocycles. The van der Waals surface area contributed by atoms with E-state index >= 15 is 0 Å². The summed E-state index contributed by atoms with van der Waals surface area (Å²) >= 11 is 1.56. The maximum Gasteiger partial charge on any atom is 0.236 e. The van der Waals surface area contributed by atoms with Crippen molar-refractivity contribution in [2.45, 2.75) is 6.54 Å². The molecule has 3 N–H and O–H groups in total. The predicted molar refractivity (Wildman–Crippen MR) is 79.1 cm³/mol. The predicted octanol–water partition coefficient (Wildman–Crippen LogP) is 0.0533. The first-order chi connectivity index (χ1) is 9.63. The molecule has 0 atom stereocenters. The lowest BCUT2D eigenvalue weighted by molar-refractivity contribution is -0.116. The monoisotopic (exact) mass is 297 g/mol. The number of amides is 1. The maximum absolute atomic E-state index is 11.1. The highest BCUT2D eigenvalue weighted by Crippen LogP contribution is 2.23. The summed E-state index contributed by atoms with van der Waals surface area (Å²) in [7, 11) is 3.49. The summed E-state index contributed by atoms with van der Waals surface area (Å²) < 4.78 is 7.03. The van der Waals surface area contributed by atoms with E-state index in [9.17, 15) is 4.79 Å². The van der Waals surface area contributed by atoms with Gasteiger partial charge < -0.3 is 20.7 Å². The molecule has 7 nitrogen and oxygen atoms in total. The second kappa shape index (κ2) is 6.69. The molecule has 0 fully saturated rings. The number of nitrogens with one attached hydrogen (secondary N) is 1. The average Bonchev–Trinajstić information content (AvgIpc) is 2.95.